The first-order chi connectivity index (χ1) is 13.2. The van der Waals surface area contributed by atoms with Crippen molar-refractivity contribution in [3.63, 3.8) is 0 Å². The monoisotopic (exact) mass is 379 g/mol. The summed E-state index contributed by atoms with van der Waals surface area (Å²) in [4.78, 5) is 11.4. The van der Waals surface area contributed by atoms with E-state index in [1.54, 1.807) is 23.6 Å². The van der Waals surface area contributed by atoms with Gasteiger partial charge < -0.3 is 9.73 Å². The number of thiazole rings is 1. The van der Waals surface area contributed by atoms with Crippen molar-refractivity contribution in [3.8, 4) is 6.07 Å². The van der Waals surface area contributed by atoms with Gasteiger partial charge in [-0.25, -0.2) is 9.97 Å². The molecule has 4 rings (SSSR count). The number of aromatic nitrogens is 2. The first-order valence-corrected chi connectivity index (χ1v) is 9.97. The van der Waals surface area contributed by atoms with E-state index in [-0.39, 0.29) is 0 Å². The lowest BCUT2D eigenvalue weighted by molar-refractivity contribution is 0.127. The van der Waals surface area contributed by atoms with Crippen molar-refractivity contribution >= 4 is 22.2 Å². The average Bonchev–Trinajstić information content (AvgIpc) is 3.32. The Bertz CT molecular complexity index is 940. The lowest BCUT2D eigenvalue weighted by atomic mass is 10.00. The number of hydrogen-bond acceptors (Lipinski definition) is 7. The van der Waals surface area contributed by atoms with Crippen molar-refractivity contribution < 1.29 is 4.42 Å². The molecule has 1 aliphatic rings. The van der Waals surface area contributed by atoms with Crippen LogP contribution in [0.2, 0.25) is 0 Å². The van der Waals surface area contributed by atoms with E-state index in [0.29, 0.717) is 11.7 Å². The number of pyridine rings is 1. The van der Waals surface area contributed by atoms with E-state index >= 15 is 0 Å². The highest BCUT2D eigenvalue weighted by Gasteiger charge is 2.26. The maximum atomic E-state index is 8.84. The molecule has 1 N–H and O–H groups in total. The summed E-state index contributed by atoms with van der Waals surface area (Å²) in [5.41, 5.74) is 2.35. The zero-order chi connectivity index (χ0) is 18.6. The molecule has 0 aliphatic carbocycles. The molecule has 6 nitrogen and oxygen atoms in total. The molecule has 1 aliphatic heterocycles. The van der Waals surface area contributed by atoms with Crippen molar-refractivity contribution in [2.75, 3.05) is 11.9 Å². The van der Waals surface area contributed by atoms with Crippen LogP contribution in [0.1, 0.15) is 48.2 Å². The summed E-state index contributed by atoms with van der Waals surface area (Å²) in [6.45, 7) is 3.86. The molecule has 4 heterocycles. The number of furan rings is 1. The van der Waals surface area contributed by atoms with Crippen LogP contribution < -0.4 is 5.32 Å². The molecule has 0 aromatic carbocycles. The number of rotatable bonds is 5. The molecule has 0 amide bonds. The molecule has 7 heteroatoms. The van der Waals surface area contributed by atoms with Crippen molar-refractivity contribution in [3.05, 3.63) is 58.8 Å². The van der Waals surface area contributed by atoms with Gasteiger partial charge in [-0.3, -0.25) is 4.90 Å². The molecular weight excluding hydrogens is 358 g/mol. The van der Waals surface area contributed by atoms with Crippen molar-refractivity contribution in [2.45, 2.75) is 38.8 Å². The highest BCUT2D eigenvalue weighted by atomic mass is 32.1. The van der Waals surface area contributed by atoms with Gasteiger partial charge >= 0.3 is 0 Å². The summed E-state index contributed by atoms with van der Waals surface area (Å²) in [5.74, 6) is 1.96. The van der Waals surface area contributed by atoms with Crippen molar-refractivity contribution in [1.29, 1.82) is 5.26 Å². The molecule has 0 radical (unpaired) electrons. The standard InChI is InChI=1S/C20H21N5OS/c1-14-5-8-17(26-14)12-25-9-3-2-4-19(25)18-13-27-20(24-18)23-16-7-6-15(10-21)22-11-16/h5-8,11,13,19H,2-4,9,12H2,1H3,(H,23,24). The maximum Gasteiger partial charge on any atom is 0.187 e. The van der Waals surface area contributed by atoms with Crippen LogP contribution in [-0.2, 0) is 6.54 Å². The van der Waals surface area contributed by atoms with E-state index in [9.17, 15) is 0 Å². The van der Waals surface area contributed by atoms with Crippen LogP contribution in [0.5, 0.6) is 0 Å². The van der Waals surface area contributed by atoms with Gasteiger partial charge in [0.25, 0.3) is 0 Å². The third-order valence-electron chi connectivity index (χ3n) is 4.76. The number of piperidine rings is 1. The Kier molecular flexibility index (Phi) is 5.19. The topological polar surface area (TPSA) is 78.0 Å². The second-order valence-corrected chi connectivity index (χ2v) is 7.60. The summed E-state index contributed by atoms with van der Waals surface area (Å²) in [6.07, 6.45) is 5.20. The zero-order valence-corrected chi connectivity index (χ0v) is 16.0. The molecule has 27 heavy (non-hydrogen) atoms. The SMILES string of the molecule is Cc1ccc(CN2CCCCC2c2csc(Nc3ccc(C#N)nc3)n2)o1. The molecule has 3 aromatic heterocycles. The fourth-order valence-electron chi connectivity index (χ4n) is 3.44. The Hall–Kier alpha value is -2.69. The molecule has 3 aromatic rings. The summed E-state index contributed by atoms with van der Waals surface area (Å²) < 4.78 is 5.77. The van der Waals surface area contributed by atoms with Gasteiger partial charge in [0, 0.05) is 5.38 Å². The van der Waals surface area contributed by atoms with Crippen LogP contribution in [0.15, 0.2) is 40.3 Å². The van der Waals surface area contributed by atoms with E-state index in [4.69, 9.17) is 14.7 Å². The second-order valence-electron chi connectivity index (χ2n) is 6.74. The van der Waals surface area contributed by atoms with Gasteiger partial charge in [0.1, 0.15) is 23.3 Å². The third kappa shape index (κ3) is 4.18. The molecule has 1 atom stereocenters. The van der Waals surface area contributed by atoms with E-state index in [1.165, 1.54) is 12.8 Å². The maximum absolute atomic E-state index is 8.84. The molecule has 1 saturated heterocycles. The number of nitrogens with zero attached hydrogens (tertiary/aromatic N) is 4. The van der Waals surface area contributed by atoms with Gasteiger partial charge in [-0.15, -0.1) is 11.3 Å². The van der Waals surface area contributed by atoms with Crippen molar-refractivity contribution in [2.24, 2.45) is 0 Å². The van der Waals surface area contributed by atoms with Gasteiger partial charge in [0.15, 0.2) is 5.13 Å². The van der Waals surface area contributed by atoms with Crippen LogP contribution in [0.4, 0.5) is 10.8 Å². The fourth-order valence-corrected chi connectivity index (χ4v) is 4.22. The summed E-state index contributed by atoms with van der Waals surface area (Å²) in [7, 11) is 0. The van der Waals surface area contributed by atoms with Gasteiger partial charge in [0.05, 0.1) is 30.2 Å². The predicted octanol–water partition coefficient (Wildman–Crippen LogP) is 4.78. The highest BCUT2D eigenvalue weighted by Crippen LogP contribution is 2.34. The minimum absolute atomic E-state index is 0.315. The van der Waals surface area contributed by atoms with Gasteiger partial charge in [0.2, 0.25) is 0 Å². The number of aryl methyl sites for hydroxylation is 1. The molecule has 0 saturated carbocycles. The third-order valence-corrected chi connectivity index (χ3v) is 5.54. The molecule has 1 fully saturated rings. The first kappa shape index (κ1) is 17.7. The lowest BCUT2D eigenvalue weighted by Gasteiger charge is -2.34. The quantitative estimate of drug-likeness (QED) is 0.687. The largest absolute Gasteiger partial charge is 0.465 e. The predicted molar refractivity (Wildman–Crippen MR) is 105 cm³/mol. The van der Waals surface area contributed by atoms with Gasteiger partial charge in [-0.2, -0.15) is 5.26 Å². The minimum Gasteiger partial charge on any atom is -0.465 e. The summed E-state index contributed by atoms with van der Waals surface area (Å²) >= 11 is 1.60. The Labute approximate surface area is 162 Å². The zero-order valence-electron chi connectivity index (χ0n) is 15.2. The fraction of sp³-hybridized carbons (Fsp3) is 0.350. The van der Waals surface area contributed by atoms with Crippen LogP contribution in [0.25, 0.3) is 0 Å². The van der Waals surface area contributed by atoms with E-state index in [0.717, 1.165) is 47.5 Å². The number of likely N-dealkylation sites (tertiary alicyclic amines) is 1. The average molecular weight is 379 g/mol. The molecule has 1 unspecified atom stereocenters. The summed E-state index contributed by atoms with van der Waals surface area (Å²) in [6, 6.07) is 9.97. The Morgan fingerprint density at radius 3 is 3.00 bits per heavy atom. The summed E-state index contributed by atoms with van der Waals surface area (Å²) in [5, 5.41) is 15.1. The molecule has 138 valence electrons. The highest BCUT2D eigenvalue weighted by molar-refractivity contribution is 7.13. The minimum atomic E-state index is 0.315. The van der Waals surface area contributed by atoms with Gasteiger partial charge in [-0.1, -0.05) is 6.42 Å². The molecular formula is C20H21N5OS. The normalized spacial score (nSPS) is 17.6. The number of anilines is 2. The van der Waals surface area contributed by atoms with Crippen LogP contribution in [0.3, 0.4) is 0 Å². The Morgan fingerprint density at radius 2 is 2.26 bits per heavy atom. The smallest absolute Gasteiger partial charge is 0.187 e. The lowest BCUT2D eigenvalue weighted by Crippen LogP contribution is -2.33. The Morgan fingerprint density at radius 1 is 1.33 bits per heavy atom. The van der Waals surface area contributed by atoms with Crippen molar-refractivity contribution in [1.82, 2.24) is 14.9 Å². The van der Waals surface area contributed by atoms with E-state index in [1.807, 2.05) is 25.1 Å². The van der Waals surface area contributed by atoms with E-state index < -0.39 is 0 Å². The number of nitriles is 1. The number of nitrogens with one attached hydrogen (secondary N) is 1. The molecule has 0 spiro atoms. The Balaban J connectivity index is 1.47. The van der Waals surface area contributed by atoms with Crippen LogP contribution >= 0.6 is 11.3 Å². The first-order valence-electron chi connectivity index (χ1n) is 9.09. The number of hydrogen-bond donors (Lipinski definition) is 1. The van der Waals surface area contributed by atoms with Gasteiger partial charge in [-0.05, 0) is 50.6 Å². The van der Waals surface area contributed by atoms with Crippen LogP contribution in [0, 0.1) is 18.3 Å². The van der Waals surface area contributed by atoms with Crippen LogP contribution in [-0.4, -0.2) is 21.4 Å². The second kappa shape index (κ2) is 7.91. The van der Waals surface area contributed by atoms with E-state index in [2.05, 4.69) is 26.6 Å². The molecule has 0 bridgehead atoms.